The van der Waals surface area contributed by atoms with Crippen LogP contribution < -0.4 is 5.32 Å². The van der Waals surface area contributed by atoms with Crippen molar-refractivity contribution in [2.24, 2.45) is 0 Å². The smallest absolute Gasteiger partial charge is 0.304 e. The van der Waals surface area contributed by atoms with E-state index in [-0.39, 0.29) is 0 Å². The Morgan fingerprint density at radius 1 is 1.62 bits per heavy atom. The van der Waals surface area contributed by atoms with E-state index >= 15 is 0 Å². The van der Waals surface area contributed by atoms with Gasteiger partial charge in [0.2, 0.25) is 5.82 Å². The van der Waals surface area contributed by atoms with Gasteiger partial charge < -0.3 is 10.4 Å². The van der Waals surface area contributed by atoms with Crippen LogP contribution in [0.5, 0.6) is 0 Å². The number of aliphatic hydroxyl groups is 1. The number of nitrogens with zero attached hydrogens (tertiary/aromatic N) is 1. The highest BCUT2D eigenvalue weighted by Gasteiger charge is 2.13. The number of benzene rings is 1. The predicted octanol–water partition coefficient (Wildman–Crippen LogP) is 1.20. The molecule has 1 aromatic rings. The number of nitrogens with one attached hydrogen (secondary N) is 1. The van der Waals surface area contributed by atoms with Crippen molar-refractivity contribution >= 4 is 5.69 Å². The van der Waals surface area contributed by atoms with Crippen LogP contribution >= 0.6 is 0 Å². The first-order chi connectivity index (χ1) is 7.50. The third-order valence-corrected chi connectivity index (χ3v) is 1.98. The summed E-state index contributed by atoms with van der Waals surface area (Å²) in [5.74, 6) is -0.846. The average Bonchev–Trinajstić information content (AvgIpc) is 2.16. The standard InChI is InChI=1S/C10H13FN2O3/c1-7(14)5-12-6-8-2-3-10(13(15)16)9(11)4-8/h2-4,7,12,14H,5-6H2,1H3. The summed E-state index contributed by atoms with van der Waals surface area (Å²) in [6, 6.07) is 3.73. The van der Waals surface area contributed by atoms with Gasteiger partial charge >= 0.3 is 5.69 Å². The van der Waals surface area contributed by atoms with Gasteiger partial charge in [-0.05, 0) is 18.6 Å². The van der Waals surface area contributed by atoms with Gasteiger partial charge in [0.05, 0.1) is 11.0 Å². The lowest BCUT2D eigenvalue weighted by atomic mass is 10.2. The third kappa shape index (κ3) is 3.56. The first-order valence-electron chi connectivity index (χ1n) is 4.82. The molecule has 1 atom stereocenters. The maximum atomic E-state index is 13.2. The predicted molar refractivity (Wildman–Crippen MR) is 56.4 cm³/mol. The van der Waals surface area contributed by atoms with Crippen LogP contribution in [0.15, 0.2) is 18.2 Å². The lowest BCUT2D eigenvalue weighted by molar-refractivity contribution is -0.387. The van der Waals surface area contributed by atoms with Gasteiger partial charge in [-0.2, -0.15) is 4.39 Å². The van der Waals surface area contributed by atoms with Crippen molar-refractivity contribution in [1.82, 2.24) is 5.32 Å². The van der Waals surface area contributed by atoms with Crippen molar-refractivity contribution in [1.29, 1.82) is 0 Å². The van der Waals surface area contributed by atoms with Crippen molar-refractivity contribution in [2.45, 2.75) is 19.6 Å². The van der Waals surface area contributed by atoms with Gasteiger partial charge in [-0.15, -0.1) is 0 Å². The summed E-state index contributed by atoms with van der Waals surface area (Å²) in [5, 5.41) is 22.2. The lowest BCUT2D eigenvalue weighted by Crippen LogP contribution is -2.23. The number of halogens is 1. The summed E-state index contributed by atoms with van der Waals surface area (Å²) in [6.45, 7) is 2.38. The molecule has 0 heterocycles. The monoisotopic (exact) mass is 228 g/mol. The molecule has 0 bridgehead atoms. The summed E-state index contributed by atoms with van der Waals surface area (Å²) in [4.78, 5) is 9.59. The topological polar surface area (TPSA) is 75.4 Å². The molecule has 0 saturated carbocycles. The molecule has 0 saturated heterocycles. The molecule has 0 radical (unpaired) electrons. The van der Waals surface area contributed by atoms with Crippen LogP contribution in [0.1, 0.15) is 12.5 Å². The van der Waals surface area contributed by atoms with Crippen molar-refractivity contribution in [2.75, 3.05) is 6.54 Å². The van der Waals surface area contributed by atoms with E-state index in [1.807, 2.05) is 0 Å². The zero-order chi connectivity index (χ0) is 12.1. The van der Waals surface area contributed by atoms with Crippen LogP contribution in [0.25, 0.3) is 0 Å². The summed E-state index contributed by atoms with van der Waals surface area (Å²) in [7, 11) is 0. The van der Waals surface area contributed by atoms with Crippen LogP contribution in [0.3, 0.4) is 0 Å². The average molecular weight is 228 g/mol. The van der Waals surface area contributed by atoms with Gasteiger partial charge in [0, 0.05) is 19.2 Å². The fraction of sp³-hybridized carbons (Fsp3) is 0.400. The van der Waals surface area contributed by atoms with Crippen LogP contribution in [-0.4, -0.2) is 22.7 Å². The van der Waals surface area contributed by atoms with E-state index in [0.29, 0.717) is 18.7 Å². The number of rotatable bonds is 5. The molecular weight excluding hydrogens is 215 g/mol. The van der Waals surface area contributed by atoms with Gasteiger partial charge in [-0.1, -0.05) is 6.07 Å². The second-order valence-corrected chi connectivity index (χ2v) is 3.52. The number of nitro benzene ring substituents is 1. The molecule has 0 aliphatic heterocycles. The Morgan fingerprint density at radius 2 is 2.31 bits per heavy atom. The van der Waals surface area contributed by atoms with Gasteiger partial charge in [-0.3, -0.25) is 10.1 Å². The second kappa shape index (κ2) is 5.53. The molecule has 0 aliphatic carbocycles. The fourth-order valence-electron chi connectivity index (χ4n) is 1.23. The van der Waals surface area contributed by atoms with Gasteiger partial charge in [-0.25, -0.2) is 0 Å². The molecule has 88 valence electrons. The second-order valence-electron chi connectivity index (χ2n) is 3.52. The highest BCUT2D eigenvalue weighted by molar-refractivity contribution is 5.34. The Kier molecular flexibility index (Phi) is 4.33. The zero-order valence-electron chi connectivity index (χ0n) is 8.81. The lowest BCUT2D eigenvalue weighted by Gasteiger charge is -2.06. The molecule has 5 nitrogen and oxygen atoms in total. The summed E-state index contributed by atoms with van der Waals surface area (Å²) < 4.78 is 13.2. The van der Waals surface area contributed by atoms with Crippen molar-refractivity contribution in [3.8, 4) is 0 Å². The molecule has 0 fully saturated rings. The van der Waals surface area contributed by atoms with E-state index in [9.17, 15) is 14.5 Å². The first-order valence-corrected chi connectivity index (χ1v) is 4.82. The van der Waals surface area contributed by atoms with E-state index in [4.69, 9.17) is 5.11 Å². The molecule has 1 aromatic carbocycles. The highest BCUT2D eigenvalue weighted by Crippen LogP contribution is 2.17. The summed E-state index contributed by atoms with van der Waals surface area (Å²) in [6.07, 6.45) is -0.483. The molecular formula is C10H13FN2O3. The quantitative estimate of drug-likeness (QED) is 0.586. The first kappa shape index (κ1) is 12.5. The number of nitro groups is 1. The molecule has 2 N–H and O–H groups in total. The SMILES string of the molecule is CC(O)CNCc1ccc([N+](=O)[O-])c(F)c1. The van der Waals surface area contributed by atoms with E-state index in [1.165, 1.54) is 6.07 Å². The summed E-state index contributed by atoms with van der Waals surface area (Å²) >= 11 is 0. The minimum atomic E-state index is -0.846. The van der Waals surface area contributed by atoms with E-state index in [1.54, 1.807) is 6.92 Å². The fourth-order valence-corrected chi connectivity index (χ4v) is 1.23. The normalized spacial score (nSPS) is 12.4. The maximum Gasteiger partial charge on any atom is 0.304 e. The Morgan fingerprint density at radius 3 is 2.81 bits per heavy atom. The largest absolute Gasteiger partial charge is 0.392 e. The van der Waals surface area contributed by atoms with E-state index in [2.05, 4.69) is 5.32 Å². The van der Waals surface area contributed by atoms with Gasteiger partial charge in [0.15, 0.2) is 0 Å². The minimum absolute atomic E-state index is 0.361. The van der Waals surface area contributed by atoms with Crippen molar-refractivity contribution < 1.29 is 14.4 Å². The third-order valence-electron chi connectivity index (χ3n) is 1.98. The Bertz CT molecular complexity index is 382. The van der Waals surface area contributed by atoms with E-state index < -0.39 is 22.5 Å². The minimum Gasteiger partial charge on any atom is -0.392 e. The van der Waals surface area contributed by atoms with Crippen molar-refractivity contribution in [3.63, 3.8) is 0 Å². The van der Waals surface area contributed by atoms with Crippen molar-refractivity contribution in [3.05, 3.63) is 39.7 Å². The number of hydrogen-bond donors (Lipinski definition) is 2. The molecule has 0 spiro atoms. The van der Waals surface area contributed by atoms with Gasteiger partial charge in [0.1, 0.15) is 0 Å². The molecule has 0 amide bonds. The zero-order valence-corrected chi connectivity index (χ0v) is 8.81. The molecule has 0 aromatic heterocycles. The van der Waals surface area contributed by atoms with Crippen LogP contribution in [0.4, 0.5) is 10.1 Å². The maximum absolute atomic E-state index is 13.2. The molecule has 6 heteroatoms. The number of hydrogen-bond acceptors (Lipinski definition) is 4. The Hall–Kier alpha value is -1.53. The highest BCUT2D eigenvalue weighted by atomic mass is 19.1. The summed E-state index contributed by atoms with van der Waals surface area (Å²) in [5.41, 5.74) is 0.0722. The molecule has 16 heavy (non-hydrogen) atoms. The van der Waals surface area contributed by atoms with Crippen LogP contribution in [0, 0.1) is 15.9 Å². The molecule has 1 unspecified atom stereocenters. The van der Waals surface area contributed by atoms with Crippen LogP contribution in [0.2, 0.25) is 0 Å². The van der Waals surface area contributed by atoms with Crippen LogP contribution in [-0.2, 0) is 6.54 Å². The molecule has 1 rings (SSSR count). The number of aliphatic hydroxyl groups excluding tert-OH is 1. The molecule has 0 aliphatic rings. The van der Waals surface area contributed by atoms with Gasteiger partial charge in [0.25, 0.3) is 0 Å². The Labute approximate surface area is 92.1 Å². The Balaban J connectivity index is 2.63. The van der Waals surface area contributed by atoms with E-state index in [0.717, 1.165) is 12.1 Å².